The van der Waals surface area contributed by atoms with Gasteiger partial charge < -0.3 is 4.90 Å². The van der Waals surface area contributed by atoms with Crippen molar-refractivity contribution in [2.45, 2.75) is 31.6 Å². The Kier molecular flexibility index (Phi) is 6.86. The van der Waals surface area contributed by atoms with Crippen LogP contribution in [0.1, 0.15) is 34.3 Å². The smallest absolute Gasteiger partial charge is 0.260 e. The molecule has 1 fully saturated rings. The maximum atomic E-state index is 13.5. The number of anilines is 1. The summed E-state index contributed by atoms with van der Waals surface area (Å²) < 4.78 is 28.2. The van der Waals surface area contributed by atoms with Crippen LogP contribution in [0.25, 0.3) is 10.2 Å². The van der Waals surface area contributed by atoms with Crippen LogP contribution in [0.15, 0.2) is 41.3 Å². The second kappa shape index (κ2) is 9.50. The molecule has 1 amide bonds. The van der Waals surface area contributed by atoms with E-state index in [0.717, 1.165) is 34.2 Å². The number of sulfonamides is 1. The molecule has 0 atom stereocenters. The fraction of sp³-hybridized carbons (Fsp3) is 0.417. The average molecular weight is 487 g/mol. The number of amides is 1. The van der Waals surface area contributed by atoms with Crippen LogP contribution in [0.5, 0.6) is 0 Å². The third-order valence-corrected chi connectivity index (χ3v) is 9.00. The van der Waals surface area contributed by atoms with Gasteiger partial charge in [-0.1, -0.05) is 17.4 Å². The number of carbonyl (C=O) groups is 1. The Morgan fingerprint density at radius 3 is 2.36 bits per heavy atom. The van der Waals surface area contributed by atoms with Crippen LogP contribution >= 0.6 is 11.3 Å². The van der Waals surface area contributed by atoms with E-state index >= 15 is 0 Å². The Labute approximate surface area is 199 Å². The lowest BCUT2D eigenvalue weighted by molar-refractivity contribution is 0.0985. The molecule has 0 aliphatic carbocycles. The average Bonchev–Trinajstić information content (AvgIpc) is 3.44. The number of thiazole rings is 1. The Hall–Kier alpha value is -2.33. The quantitative estimate of drug-likeness (QED) is 0.506. The molecule has 0 radical (unpaired) electrons. The SMILES string of the molecule is Cc1cc(C)c2sc(N(CCN(C)C)C(=O)c3ccc(S(=O)(=O)N4CCCC4)cc3)nc2c1. The van der Waals surface area contributed by atoms with Crippen molar-refractivity contribution in [2.24, 2.45) is 0 Å². The zero-order valence-corrected chi connectivity index (χ0v) is 21.2. The highest BCUT2D eigenvalue weighted by atomic mass is 32.2. The molecule has 1 aromatic heterocycles. The highest BCUT2D eigenvalue weighted by Crippen LogP contribution is 2.33. The lowest BCUT2D eigenvalue weighted by atomic mass is 10.1. The molecule has 0 saturated carbocycles. The summed E-state index contributed by atoms with van der Waals surface area (Å²) in [4.78, 5) is 22.2. The second-order valence-corrected chi connectivity index (χ2v) is 11.7. The van der Waals surface area contributed by atoms with E-state index in [2.05, 4.69) is 13.0 Å². The van der Waals surface area contributed by atoms with Crippen LogP contribution in [0.4, 0.5) is 5.13 Å². The Morgan fingerprint density at radius 1 is 1.06 bits per heavy atom. The molecule has 9 heteroatoms. The summed E-state index contributed by atoms with van der Waals surface area (Å²) in [7, 11) is 0.420. The standard InChI is InChI=1S/C24H30N4O3S2/c1-17-15-18(2)22-21(16-17)25-24(32-22)28(14-13-26(3)4)23(29)19-7-9-20(10-8-19)33(30,31)27-11-5-6-12-27/h7-10,15-16H,5-6,11-14H2,1-4H3. The molecule has 1 aliphatic rings. The molecule has 7 nitrogen and oxygen atoms in total. The molecule has 0 spiro atoms. The van der Waals surface area contributed by atoms with Gasteiger partial charge in [0.2, 0.25) is 10.0 Å². The predicted molar refractivity (Wildman–Crippen MR) is 134 cm³/mol. The van der Waals surface area contributed by atoms with Crippen molar-refractivity contribution in [1.82, 2.24) is 14.2 Å². The third kappa shape index (κ3) is 4.96. The van der Waals surface area contributed by atoms with Gasteiger partial charge in [-0.2, -0.15) is 4.31 Å². The number of hydrogen-bond donors (Lipinski definition) is 0. The molecule has 2 aromatic carbocycles. The summed E-state index contributed by atoms with van der Waals surface area (Å²) in [6.45, 7) is 6.37. The van der Waals surface area contributed by atoms with E-state index in [9.17, 15) is 13.2 Å². The molecule has 4 rings (SSSR count). The molecule has 0 bridgehead atoms. The first-order valence-electron chi connectivity index (χ1n) is 11.1. The van der Waals surface area contributed by atoms with Crippen LogP contribution in [0.3, 0.4) is 0 Å². The van der Waals surface area contributed by atoms with Crippen LogP contribution in [0, 0.1) is 13.8 Å². The topological polar surface area (TPSA) is 73.8 Å². The number of rotatable bonds is 7. The normalized spacial score (nSPS) is 14.9. The van der Waals surface area contributed by atoms with E-state index in [1.807, 2.05) is 32.0 Å². The van der Waals surface area contributed by atoms with Crippen LogP contribution < -0.4 is 4.90 Å². The largest absolute Gasteiger partial charge is 0.308 e. The first-order valence-corrected chi connectivity index (χ1v) is 13.4. The van der Waals surface area contributed by atoms with Gasteiger partial charge in [0.15, 0.2) is 5.13 Å². The zero-order chi connectivity index (χ0) is 23.8. The molecule has 0 N–H and O–H groups in total. The van der Waals surface area contributed by atoms with Crippen LogP contribution in [0.2, 0.25) is 0 Å². The first kappa shape index (κ1) is 23.8. The molecule has 2 heterocycles. The third-order valence-electron chi connectivity index (χ3n) is 5.86. The van der Waals surface area contributed by atoms with Crippen LogP contribution in [-0.4, -0.2) is 68.8 Å². The summed E-state index contributed by atoms with van der Waals surface area (Å²) in [6.07, 6.45) is 1.77. The second-order valence-electron chi connectivity index (χ2n) is 8.82. The Morgan fingerprint density at radius 2 is 1.73 bits per heavy atom. The van der Waals surface area contributed by atoms with Gasteiger partial charge >= 0.3 is 0 Å². The first-order chi connectivity index (χ1) is 15.7. The molecule has 0 unspecified atom stereocenters. The maximum Gasteiger partial charge on any atom is 0.260 e. The lowest BCUT2D eigenvalue weighted by Crippen LogP contribution is -2.36. The van der Waals surface area contributed by atoms with Gasteiger partial charge in [-0.3, -0.25) is 9.69 Å². The number of carbonyl (C=O) groups excluding carboxylic acids is 1. The number of hydrogen-bond acceptors (Lipinski definition) is 6. The maximum absolute atomic E-state index is 13.5. The summed E-state index contributed by atoms with van der Waals surface area (Å²) in [5.74, 6) is -0.185. The van der Waals surface area contributed by atoms with E-state index in [1.54, 1.807) is 17.0 Å². The van der Waals surface area contributed by atoms with Gasteiger partial charge in [-0.25, -0.2) is 13.4 Å². The van der Waals surface area contributed by atoms with Gasteiger partial charge in [0.05, 0.1) is 15.1 Å². The van der Waals surface area contributed by atoms with Gasteiger partial charge in [0.25, 0.3) is 5.91 Å². The lowest BCUT2D eigenvalue weighted by Gasteiger charge is -2.22. The molecule has 33 heavy (non-hydrogen) atoms. The van der Waals surface area contributed by atoms with E-state index < -0.39 is 10.0 Å². The number of aryl methyl sites for hydroxylation is 2. The molecule has 3 aromatic rings. The van der Waals surface area contributed by atoms with Crippen molar-refractivity contribution in [1.29, 1.82) is 0 Å². The number of benzene rings is 2. The van der Waals surface area contributed by atoms with E-state index in [1.165, 1.54) is 27.8 Å². The monoisotopic (exact) mass is 486 g/mol. The summed E-state index contributed by atoms with van der Waals surface area (Å²) >= 11 is 1.51. The van der Waals surface area contributed by atoms with E-state index in [-0.39, 0.29) is 10.8 Å². The predicted octanol–water partition coefficient (Wildman–Crippen LogP) is 3.91. The Balaban J connectivity index is 1.65. The fourth-order valence-electron chi connectivity index (χ4n) is 4.07. The molecule has 176 valence electrons. The van der Waals surface area contributed by atoms with Gasteiger partial charge in [0.1, 0.15) is 0 Å². The molecule has 1 saturated heterocycles. The molecular formula is C24H30N4O3S2. The molecular weight excluding hydrogens is 456 g/mol. The zero-order valence-electron chi connectivity index (χ0n) is 19.5. The highest BCUT2D eigenvalue weighted by Gasteiger charge is 2.28. The van der Waals surface area contributed by atoms with Gasteiger partial charge in [-0.15, -0.1) is 0 Å². The molecule has 1 aliphatic heterocycles. The minimum atomic E-state index is -3.51. The number of aromatic nitrogens is 1. The van der Waals surface area contributed by atoms with E-state index in [0.29, 0.717) is 36.9 Å². The fourth-order valence-corrected chi connectivity index (χ4v) is 6.62. The number of nitrogens with zero attached hydrogens (tertiary/aromatic N) is 4. The Bertz CT molecular complexity index is 1260. The van der Waals surface area contributed by atoms with Crippen molar-refractivity contribution >= 4 is 42.6 Å². The highest BCUT2D eigenvalue weighted by molar-refractivity contribution is 7.89. The van der Waals surface area contributed by atoms with Crippen molar-refractivity contribution in [3.8, 4) is 0 Å². The van der Waals surface area contributed by atoms with Crippen LogP contribution in [-0.2, 0) is 10.0 Å². The van der Waals surface area contributed by atoms with Crippen molar-refractivity contribution < 1.29 is 13.2 Å². The summed E-state index contributed by atoms with van der Waals surface area (Å²) in [5.41, 5.74) is 3.62. The van der Waals surface area contributed by atoms with Crippen molar-refractivity contribution in [2.75, 3.05) is 45.2 Å². The van der Waals surface area contributed by atoms with Gasteiger partial charge in [0, 0.05) is 31.7 Å². The van der Waals surface area contributed by atoms with E-state index in [4.69, 9.17) is 4.98 Å². The minimum Gasteiger partial charge on any atom is -0.308 e. The van der Waals surface area contributed by atoms with Crippen molar-refractivity contribution in [3.63, 3.8) is 0 Å². The summed E-state index contributed by atoms with van der Waals surface area (Å²) in [5, 5.41) is 0.652. The number of fused-ring (bicyclic) bond motifs is 1. The summed E-state index contributed by atoms with van der Waals surface area (Å²) in [6, 6.07) is 10.5. The minimum absolute atomic E-state index is 0.185. The number of likely N-dealkylation sites (N-methyl/N-ethyl adjacent to an activating group) is 1. The van der Waals surface area contributed by atoms with Crippen molar-refractivity contribution in [3.05, 3.63) is 53.1 Å². The van der Waals surface area contributed by atoms with Gasteiger partial charge in [-0.05, 0) is 82.2 Å².